The number of aromatic amines is 1. The zero-order chi connectivity index (χ0) is 17.7. The van der Waals surface area contributed by atoms with E-state index in [1.165, 1.54) is 22.2 Å². The van der Waals surface area contributed by atoms with Gasteiger partial charge in [0.2, 0.25) is 0 Å². The van der Waals surface area contributed by atoms with Crippen molar-refractivity contribution >= 4 is 39.1 Å². The maximum atomic E-state index is 12.8. The molecular formula is C18H19N3O2S2. The van der Waals surface area contributed by atoms with Gasteiger partial charge in [0.1, 0.15) is 4.83 Å². The molecule has 0 spiro atoms. The van der Waals surface area contributed by atoms with Gasteiger partial charge < -0.3 is 4.98 Å². The van der Waals surface area contributed by atoms with Crippen molar-refractivity contribution in [1.82, 2.24) is 14.5 Å². The first-order valence-corrected chi connectivity index (χ1v) is 10.1. The van der Waals surface area contributed by atoms with Gasteiger partial charge in [-0.2, -0.15) is 0 Å². The Bertz CT molecular complexity index is 1060. The van der Waals surface area contributed by atoms with Crippen molar-refractivity contribution in [3.8, 4) is 0 Å². The van der Waals surface area contributed by atoms with Gasteiger partial charge in [-0.25, -0.2) is 4.98 Å². The Kier molecular flexibility index (Phi) is 4.08. The summed E-state index contributed by atoms with van der Waals surface area (Å²) in [5.74, 6) is 0.324. The van der Waals surface area contributed by atoms with Crippen molar-refractivity contribution in [3.05, 3.63) is 43.8 Å². The van der Waals surface area contributed by atoms with E-state index < -0.39 is 0 Å². The molecule has 0 fully saturated rings. The molecule has 4 rings (SSSR count). The molecule has 0 aliphatic heterocycles. The number of carbonyl (C=O) groups excluding carboxylic acids is 1. The van der Waals surface area contributed by atoms with Gasteiger partial charge in [-0.3, -0.25) is 14.2 Å². The summed E-state index contributed by atoms with van der Waals surface area (Å²) in [4.78, 5) is 35.2. The summed E-state index contributed by atoms with van der Waals surface area (Å²) in [7, 11) is 1.74. The molecule has 0 saturated heterocycles. The third kappa shape index (κ3) is 2.75. The van der Waals surface area contributed by atoms with E-state index >= 15 is 0 Å². The van der Waals surface area contributed by atoms with Gasteiger partial charge in [0.15, 0.2) is 10.9 Å². The van der Waals surface area contributed by atoms with Crippen molar-refractivity contribution in [2.24, 2.45) is 7.05 Å². The van der Waals surface area contributed by atoms with Gasteiger partial charge in [0.25, 0.3) is 5.56 Å². The van der Waals surface area contributed by atoms with Crippen LogP contribution in [0.2, 0.25) is 0 Å². The molecule has 5 nitrogen and oxygen atoms in total. The van der Waals surface area contributed by atoms with Crippen LogP contribution >= 0.6 is 23.1 Å². The van der Waals surface area contributed by atoms with Gasteiger partial charge in [0.05, 0.1) is 11.1 Å². The summed E-state index contributed by atoms with van der Waals surface area (Å²) < 4.78 is 1.58. The molecule has 7 heteroatoms. The Balaban J connectivity index is 1.64. The fourth-order valence-electron chi connectivity index (χ4n) is 3.46. The van der Waals surface area contributed by atoms with E-state index in [2.05, 4.69) is 9.97 Å². The summed E-state index contributed by atoms with van der Waals surface area (Å²) in [5.41, 5.74) is 3.78. The summed E-state index contributed by atoms with van der Waals surface area (Å²) >= 11 is 2.96. The van der Waals surface area contributed by atoms with Crippen molar-refractivity contribution in [1.29, 1.82) is 0 Å². The lowest BCUT2D eigenvalue weighted by Crippen LogP contribution is -2.20. The number of ketones is 1. The van der Waals surface area contributed by atoms with Gasteiger partial charge in [-0.1, -0.05) is 11.8 Å². The zero-order valence-corrected chi connectivity index (χ0v) is 16.1. The Morgan fingerprint density at radius 1 is 1.40 bits per heavy atom. The molecule has 3 aromatic rings. The van der Waals surface area contributed by atoms with Crippen molar-refractivity contribution in [3.63, 3.8) is 0 Å². The second-order valence-corrected chi connectivity index (χ2v) is 8.53. The van der Waals surface area contributed by atoms with Crippen LogP contribution in [-0.2, 0) is 19.9 Å². The Labute approximate surface area is 153 Å². The summed E-state index contributed by atoms with van der Waals surface area (Å²) in [5, 5.41) is 1.39. The number of aryl methyl sites for hydroxylation is 4. The van der Waals surface area contributed by atoms with Crippen LogP contribution in [0, 0.1) is 13.8 Å². The fourth-order valence-corrected chi connectivity index (χ4v) is 5.61. The molecule has 1 N–H and O–H groups in total. The number of thiophene rings is 1. The lowest BCUT2D eigenvalue weighted by Gasteiger charge is -2.07. The van der Waals surface area contributed by atoms with Crippen LogP contribution < -0.4 is 5.56 Å². The monoisotopic (exact) mass is 373 g/mol. The second-order valence-electron chi connectivity index (χ2n) is 6.50. The Morgan fingerprint density at radius 2 is 2.20 bits per heavy atom. The summed E-state index contributed by atoms with van der Waals surface area (Å²) in [6, 6.07) is 1.87. The molecule has 3 aromatic heterocycles. The van der Waals surface area contributed by atoms with E-state index in [0.29, 0.717) is 10.7 Å². The zero-order valence-electron chi connectivity index (χ0n) is 14.4. The average Bonchev–Trinajstić information content (AvgIpc) is 3.23. The molecule has 1 aliphatic rings. The fraction of sp³-hybridized carbons (Fsp3) is 0.389. The molecule has 0 radical (unpaired) electrons. The number of H-pyrrole nitrogens is 1. The van der Waals surface area contributed by atoms with E-state index in [1.807, 2.05) is 19.9 Å². The molecule has 0 bridgehead atoms. The van der Waals surface area contributed by atoms with Crippen molar-refractivity contribution < 1.29 is 4.79 Å². The highest BCUT2D eigenvalue weighted by atomic mass is 32.2. The quantitative estimate of drug-likeness (QED) is 0.432. The van der Waals surface area contributed by atoms with E-state index in [1.54, 1.807) is 23.0 Å². The van der Waals surface area contributed by atoms with Crippen LogP contribution in [0.1, 0.15) is 38.6 Å². The number of rotatable bonds is 4. The highest BCUT2D eigenvalue weighted by Gasteiger charge is 2.23. The first kappa shape index (κ1) is 16.6. The lowest BCUT2D eigenvalue weighted by atomic mass is 10.2. The predicted octanol–water partition coefficient (Wildman–Crippen LogP) is 3.40. The topological polar surface area (TPSA) is 67.8 Å². The number of aromatic nitrogens is 3. The first-order chi connectivity index (χ1) is 12.0. The van der Waals surface area contributed by atoms with Crippen molar-refractivity contribution in [2.45, 2.75) is 38.3 Å². The highest BCUT2D eigenvalue weighted by molar-refractivity contribution is 7.99. The maximum absolute atomic E-state index is 12.8. The molecule has 3 heterocycles. The summed E-state index contributed by atoms with van der Waals surface area (Å²) in [6.07, 6.45) is 3.15. The van der Waals surface area contributed by atoms with E-state index in [4.69, 9.17) is 0 Å². The molecule has 1 aliphatic carbocycles. The van der Waals surface area contributed by atoms with Gasteiger partial charge in [-0.15, -0.1) is 11.3 Å². The minimum atomic E-state index is 0.00742. The highest BCUT2D eigenvalue weighted by Crippen LogP contribution is 2.35. The number of hydrogen-bond donors (Lipinski definition) is 1. The number of fused-ring (bicyclic) bond motifs is 3. The van der Waals surface area contributed by atoms with Crippen LogP contribution in [0.5, 0.6) is 0 Å². The van der Waals surface area contributed by atoms with E-state index in [0.717, 1.165) is 40.9 Å². The van der Waals surface area contributed by atoms with Crippen LogP contribution in [-0.4, -0.2) is 26.1 Å². The molecule has 0 amide bonds. The Hall–Kier alpha value is -1.86. The molecular weight excluding hydrogens is 354 g/mol. The molecule has 0 unspecified atom stereocenters. The number of carbonyl (C=O) groups is 1. The van der Waals surface area contributed by atoms with Gasteiger partial charge in [-0.05, 0) is 44.7 Å². The largest absolute Gasteiger partial charge is 0.362 e. The van der Waals surface area contributed by atoms with Gasteiger partial charge >= 0.3 is 0 Å². The number of hydrogen-bond acceptors (Lipinski definition) is 5. The van der Waals surface area contributed by atoms with Crippen molar-refractivity contribution in [2.75, 3.05) is 5.75 Å². The van der Waals surface area contributed by atoms with Gasteiger partial charge in [0, 0.05) is 28.9 Å². The minimum Gasteiger partial charge on any atom is -0.362 e. The average molecular weight is 374 g/mol. The van der Waals surface area contributed by atoms with Crippen LogP contribution in [0.3, 0.4) is 0 Å². The molecule has 0 atom stereocenters. The lowest BCUT2D eigenvalue weighted by molar-refractivity contribution is 0.102. The minimum absolute atomic E-state index is 0.00742. The molecule has 0 saturated carbocycles. The third-order valence-electron chi connectivity index (χ3n) is 4.69. The predicted molar refractivity (Wildman–Crippen MR) is 102 cm³/mol. The van der Waals surface area contributed by atoms with Crippen LogP contribution in [0.4, 0.5) is 0 Å². The smallest absolute Gasteiger partial charge is 0.262 e. The second kappa shape index (κ2) is 6.14. The number of nitrogens with zero attached hydrogens (tertiary/aromatic N) is 2. The summed E-state index contributed by atoms with van der Waals surface area (Å²) in [6.45, 7) is 3.84. The number of thioether (sulfide) groups is 1. The third-order valence-corrected chi connectivity index (χ3v) is 6.90. The molecule has 25 heavy (non-hydrogen) atoms. The SMILES string of the molecule is Cc1cc(C(=O)CSc2nc3sc4c(c3c(=O)n2C)CCC4)c(C)[nH]1. The number of Topliss-reactive ketones (excluding diaryl/α,β-unsaturated/α-hetero) is 1. The number of nitrogens with one attached hydrogen (secondary N) is 1. The molecule has 130 valence electrons. The van der Waals surface area contributed by atoms with E-state index in [9.17, 15) is 9.59 Å². The van der Waals surface area contributed by atoms with Crippen LogP contribution in [0.15, 0.2) is 16.0 Å². The van der Waals surface area contributed by atoms with Crippen LogP contribution in [0.25, 0.3) is 10.2 Å². The standard InChI is InChI=1S/C18H19N3O2S2/c1-9-7-12(10(2)19-9)13(22)8-24-18-20-16-15(17(23)21(18)3)11-5-4-6-14(11)25-16/h7,19H,4-6,8H2,1-3H3. The molecule has 0 aromatic carbocycles. The maximum Gasteiger partial charge on any atom is 0.262 e. The first-order valence-electron chi connectivity index (χ1n) is 8.29. The van der Waals surface area contributed by atoms with E-state index in [-0.39, 0.29) is 17.1 Å². The Morgan fingerprint density at radius 3 is 2.92 bits per heavy atom. The normalized spacial score (nSPS) is 13.6.